The Hall–Kier alpha value is -2.70. The average Bonchev–Trinajstić information content (AvgIpc) is 2.91. The van der Waals surface area contributed by atoms with E-state index in [9.17, 15) is 9.59 Å². The Morgan fingerprint density at radius 2 is 2.25 bits per heavy atom. The molecule has 0 fully saturated rings. The van der Waals surface area contributed by atoms with Gasteiger partial charge in [0.15, 0.2) is 0 Å². The van der Waals surface area contributed by atoms with Crippen molar-refractivity contribution >= 4 is 5.91 Å². The van der Waals surface area contributed by atoms with E-state index >= 15 is 0 Å². The van der Waals surface area contributed by atoms with Crippen LogP contribution in [0.3, 0.4) is 0 Å². The van der Waals surface area contributed by atoms with Gasteiger partial charge in [-0.2, -0.15) is 0 Å². The number of fused-ring (bicyclic) bond motifs is 1. The topological polar surface area (TPSA) is 96.2 Å². The first-order chi connectivity index (χ1) is 11.6. The van der Waals surface area contributed by atoms with Crippen LogP contribution < -0.4 is 20.3 Å². The van der Waals surface area contributed by atoms with Crippen LogP contribution >= 0.6 is 0 Å². The minimum Gasteiger partial charge on any atom is -0.497 e. The molecule has 0 radical (unpaired) electrons. The minimum absolute atomic E-state index is 0.0754. The monoisotopic (exact) mass is 331 g/mol. The van der Waals surface area contributed by atoms with E-state index in [2.05, 4.69) is 15.5 Å². The van der Waals surface area contributed by atoms with Gasteiger partial charge in [0.1, 0.15) is 11.5 Å². The summed E-state index contributed by atoms with van der Waals surface area (Å²) in [4.78, 5) is 23.6. The Morgan fingerprint density at radius 1 is 1.42 bits per heavy atom. The van der Waals surface area contributed by atoms with Crippen molar-refractivity contribution in [1.82, 2.24) is 15.5 Å². The highest BCUT2D eigenvalue weighted by molar-refractivity contribution is 5.78. The Kier molecular flexibility index (Phi) is 4.59. The van der Waals surface area contributed by atoms with E-state index in [1.54, 1.807) is 14.0 Å². The zero-order valence-electron chi connectivity index (χ0n) is 13.8. The molecule has 0 bridgehead atoms. The molecular formula is C17H21N3O4. The first kappa shape index (κ1) is 16.2. The molecule has 1 aromatic carbocycles. The number of hydrogen-bond donors (Lipinski definition) is 3. The zero-order valence-corrected chi connectivity index (χ0v) is 13.8. The number of methoxy groups -OCH3 is 1. The summed E-state index contributed by atoms with van der Waals surface area (Å²) in [5.74, 6) is 1.66. The van der Waals surface area contributed by atoms with Gasteiger partial charge in [-0.05, 0) is 25.0 Å². The quantitative estimate of drug-likeness (QED) is 0.759. The number of nitrogens with one attached hydrogen (secondary N) is 3. The van der Waals surface area contributed by atoms with Crippen LogP contribution in [-0.2, 0) is 17.6 Å². The number of amides is 1. The van der Waals surface area contributed by atoms with Gasteiger partial charge in [0.25, 0.3) is 5.56 Å². The summed E-state index contributed by atoms with van der Waals surface area (Å²) in [7, 11) is 1.63. The molecule has 0 spiro atoms. The van der Waals surface area contributed by atoms with Gasteiger partial charge in [0.2, 0.25) is 5.91 Å². The van der Waals surface area contributed by atoms with Crippen LogP contribution in [0.4, 0.5) is 0 Å². The summed E-state index contributed by atoms with van der Waals surface area (Å²) in [5, 5.41) is 8.09. The molecule has 1 amide bonds. The number of hydrogen-bond acceptors (Lipinski definition) is 4. The SMILES string of the molecule is COc1ccc2c(c1)OC[C@H](CNC(=O)Cc1c(C)[nH][nH]c1=O)C2. The van der Waals surface area contributed by atoms with E-state index in [1.807, 2.05) is 18.2 Å². The molecule has 7 heteroatoms. The molecule has 2 aromatic rings. The average molecular weight is 331 g/mol. The molecule has 0 saturated heterocycles. The van der Waals surface area contributed by atoms with E-state index in [0.717, 1.165) is 23.5 Å². The van der Waals surface area contributed by atoms with Gasteiger partial charge in [-0.3, -0.25) is 14.7 Å². The second kappa shape index (κ2) is 6.82. The highest BCUT2D eigenvalue weighted by Crippen LogP contribution is 2.30. The molecule has 3 rings (SSSR count). The maximum absolute atomic E-state index is 12.1. The minimum atomic E-state index is -0.244. The van der Waals surface area contributed by atoms with Crippen LogP contribution in [0.1, 0.15) is 16.8 Å². The number of aromatic amines is 2. The molecule has 128 valence electrons. The third kappa shape index (κ3) is 3.45. The molecule has 1 aromatic heterocycles. The maximum Gasteiger partial charge on any atom is 0.267 e. The second-order valence-electron chi connectivity index (χ2n) is 6.02. The zero-order chi connectivity index (χ0) is 17.1. The van der Waals surface area contributed by atoms with Gasteiger partial charge in [-0.15, -0.1) is 0 Å². The molecule has 24 heavy (non-hydrogen) atoms. The molecule has 0 aliphatic carbocycles. The number of aromatic nitrogens is 2. The number of aryl methyl sites for hydroxylation is 1. The Labute approximate surface area is 139 Å². The van der Waals surface area contributed by atoms with E-state index in [0.29, 0.717) is 24.4 Å². The van der Waals surface area contributed by atoms with Crippen LogP contribution in [0.2, 0.25) is 0 Å². The fraction of sp³-hybridized carbons (Fsp3) is 0.412. The molecule has 2 heterocycles. The standard InChI is InChI=1S/C17H21N3O4/c1-10-14(17(22)20-19-10)7-16(21)18-8-11-5-12-3-4-13(23-2)6-15(12)24-9-11/h3-4,6,11H,5,7-9H2,1-2H3,(H,18,21)(H2,19,20,22)/t11-/m0/s1. The Balaban J connectivity index is 1.54. The normalized spacial score (nSPS) is 16.2. The lowest BCUT2D eigenvalue weighted by atomic mass is 9.96. The number of carbonyl (C=O) groups is 1. The predicted octanol–water partition coefficient (Wildman–Crippen LogP) is 0.930. The van der Waals surface area contributed by atoms with Crippen molar-refractivity contribution in [3.8, 4) is 11.5 Å². The van der Waals surface area contributed by atoms with Crippen LogP contribution in [-0.4, -0.2) is 36.4 Å². The lowest BCUT2D eigenvalue weighted by Crippen LogP contribution is -2.36. The van der Waals surface area contributed by atoms with Crippen LogP contribution in [0, 0.1) is 12.8 Å². The van der Waals surface area contributed by atoms with Crippen molar-refractivity contribution in [2.24, 2.45) is 5.92 Å². The van der Waals surface area contributed by atoms with Crippen molar-refractivity contribution in [3.05, 3.63) is 45.4 Å². The van der Waals surface area contributed by atoms with Crippen LogP contribution in [0.25, 0.3) is 0 Å². The summed E-state index contributed by atoms with van der Waals surface area (Å²) in [6.07, 6.45) is 0.912. The van der Waals surface area contributed by atoms with Crippen molar-refractivity contribution in [2.45, 2.75) is 19.8 Å². The molecule has 1 aliphatic heterocycles. The third-order valence-electron chi connectivity index (χ3n) is 4.27. The first-order valence-corrected chi connectivity index (χ1v) is 7.89. The van der Waals surface area contributed by atoms with E-state index in [4.69, 9.17) is 9.47 Å². The van der Waals surface area contributed by atoms with Crippen LogP contribution in [0.5, 0.6) is 11.5 Å². The first-order valence-electron chi connectivity index (χ1n) is 7.89. The summed E-state index contributed by atoms with van der Waals surface area (Å²) in [6.45, 7) is 2.83. The molecule has 3 N–H and O–H groups in total. The van der Waals surface area contributed by atoms with Gasteiger partial charge in [-0.25, -0.2) is 0 Å². The van der Waals surface area contributed by atoms with Crippen molar-refractivity contribution in [3.63, 3.8) is 0 Å². The lowest BCUT2D eigenvalue weighted by Gasteiger charge is -2.25. The summed E-state index contributed by atoms with van der Waals surface area (Å²) >= 11 is 0. The van der Waals surface area contributed by atoms with Crippen molar-refractivity contribution in [1.29, 1.82) is 0 Å². The van der Waals surface area contributed by atoms with Gasteiger partial charge in [0, 0.05) is 29.8 Å². The molecule has 1 atom stereocenters. The van der Waals surface area contributed by atoms with Gasteiger partial charge >= 0.3 is 0 Å². The summed E-state index contributed by atoms with van der Waals surface area (Å²) < 4.78 is 11.0. The maximum atomic E-state index is 12.1. The Morgan fingerprint density at radius 3 is 2.96 bits per heavy atom. The highest BCUT2D eigenvalue weighted by Gasteiger charge is 2.21. The van der Waals surface area contributed by atoms with E-state index in [-0.39, 0.29) is 23.8 Å². The molecule has 1 aliphatic rings. The van der Waals surface area contributed by atoms with Crippen molar-refractivity contribution < 1.29 is 14.3 Å². The summed E-state index contributed by atoms with van der Waals surface area (Å²) in [6, 6.07) is 5.78. The lowest BCUT2D eigenvalue weighted by molar-refractivity contribution is -0.120. The van der Waals surface area contributed by atoms with Crippen molar-refractivity contribution in [2.75, 3.05) is 20.3 Å². The molecule has 7 nitrogen and oxygen atoms in total. The van der Waals surface area contributed by atoms with Gasteiger partial charge in [0.05, 0.1) is 20.1 Å². The number of rotatable bonds is 5. The number of ether oxygens (including phenoxy) is 2. The molecular weight excluding hydrogens is 310 g/mol. The number of carbonyl (C=O) groups excluding carboxylic acids is 1. The van der Waals surface area contributed by atoms with Gasteiger partial charge in [-0.1, -0.05) is 6.07 Å². The second-order valence-corrected chi connectivity index (χ2v) is 6.02. The largest absolute Gasteiger partial charge is 0.497 e. The fourth-order valence-electron chi connectivity index (χ4n) is 2.84. The third-order valence-corrected chi connectivity index (χ3v) is 4.27. The van der Waals surface area contributed by atoms with E-state index in [1.165, 1.54) is 0 Å². The predicted molar refractivity (Wildman–Crippen MR) is 88.5 cm³/mol. The molecule has 0 saturated carbocycles. The fourth-order valence-corrected chi connectivity index (χ4v) is 2.84. The highest BCUT2D eigenvalue weighted by atomic mass is 16.5. The van der Waals surface area contributed by atoms with Gasteiger partial charge < -0.3 is 19.9 Å². The Bertz CT molecular complexity index is 793. The van der Waals surface area contributed by atoms with Crippen LogP contribution in [0.15, 0.2) is 23.0 Å². The number of H-pyrrole nitrogens is 2. The summed E-state index contributed by atoms with van der Waals surface area (Å²) in [5.41, 5.74) is 2.04. The smallest absolute Gasteiger partial charge is 0.267 e. The molecule has 0 unspecified atom stereocenters. The van der Waals surface area contributed by atoms with E-state index < -0.39 is 0 Å². The number of benzene rings is 1.